The summed E-state index contributed by atoms with van der Waals surface area (Å²) in [6.45, 7) is 2.46. The number of sulfonamides is 1. The van der Waals surface area contributed by atoms with Gasteiger partial charge in [0.1, 0.15) is 0 Å². The Kier molecular flexibility index (Phi) is 8.59. The van der Waals surface area contributed by atoms with Crippen molar-refractivity contribution in [2.75, 3.05) is 23.9 Å². The molecule has 0 bridgehead atoms. The van der Waals surface area contributed by atoms with Crippen LogP contribution >= 0.6 is 67.8 Å². The molecular weight excluding hydrogens is 760 g/mol. The number of benzene rings is 1. The minimum Gasteiger partial charge on any atom is -0.314 e. The third-order valence-electron chi connectivity index (χ3n) is 3.64. The van der Waals surface area contributed by atoms with Crippen LogP contribution in [0.15, 0.2) is 0 Å². The van der Waals surface area contributed by atoms with Crippen molar-refractivity contribution in [1.82, 2.24) is 4.72 Å². The zero-order valence-corrected chi connectivity index (χ0v) is 22.4. The summed E-state index contributed by atoms with van der Waals surface area (Å²) in [5, 5.41) is 0. The molecule has 1 rings (SSSR count). The standard InChI is InChI=1S/C14H13F3I3N3O5S/c1-5(24)22(3)11-8(18)7(13(26)21-29(27,28)14(15,16)17)9(19)12(10(11)20)23(4)6(2)25/h1-4H3,(H,21,26). The molecule has 0 radical (unpaired) electrons. The second-order valence-corrected chi connectivity index (χ2v) is 10.5. The topological polar surface area (TPSA) is 104 Å². The largest absolute Gasteiger partial charge is 0.516 e. The van der Waals surface area contributed by atoms with E-state index in [-0.39, 0.29) is 18.5 Å². The third-order valence-corrected chi connectivity index (χ3v) is 7.83. The molecule has 162 valence electrons. The molecule has 0 atom stereocenters. The van der Waals surface area contributed by atoms with Gasteiger partial charge in [0.25, 0.3) is 5.91 Å². The van der Waals surface area contributed by atoms with Crippen molar-refractivity contribution in [3.8, 4) is 0 Å². The van der Waals surface area contributed by atoms with Crippen LogP contribution in [0.3, 0.4) is 0 Å². The van der Waals surface area contributed by atoms with Gasteiger partial charge < -0.3 is 9.80 Å². The first-order valence-corrected chi connectivity index (χ1v) is 12.0. The van der Waals surface area contributed by atoms with Crippen molar-refractivity contribution in [1.29, 1.82) is 0 Å². The molecule has 0 aliphatic heterocycles. The number of amides is 3. The van der Waals surface area contributed by atoms with Gasteiger partial charge in [-0.05, 0) is 67.8 Å². The molecule has 0 heterocycles. The first kappa shape index (κ1) is 26.6. The predicted octanol–water partition coefficient (Wildman–Crippen LogP) is 3.05. The molecule has 0 aliphatic carbocycles. The highest BCUT2D eigenvalue weighted by Gasteiger charge is 2.47. The summed E-state index contributed by atoms with van der Waals surface area (Å²) >= 11 is 5.13. The van der Waals surface area contributed by atoms with Gasteiger partial charge in [0.15, 0.2) is 0 Å². The van der Waals surface area contributed by atoms with E-state index in [2.05, 4.69) is 0 Å². The Labute approximate surface area is 205 Å². The number of hydrogen-bond donors (Lipinski definition) is 1. The Hall–Kier alpha value is -0.440. The third kappa shape index (κ3) is 5.43. The highest BCUT2D eigenvalue weighted by Crippen LogP contribution is 2.42. The Morgan fingerprint density at radius 2 is 1.21 bits per heavy atom. The number of anilines is 2. The number of nitrogens with zero attached hydrogens (tertiary/aromatic N) is 2. The van der Waals surface area contributed by atoms with Crippen molar-refractivity contribution >= 4 is 107 Å². The van der Waals surface area contributed by atoms with Crippen LogP contribution in [0.25, 0.3) is 0 Å². The average molecular weight is 773 g/mol. The fourth-order valence-corrected chi connectivity index (χ4v) is 7.54. The molecule has 0 unspecified atom stereocenters. The number of carbonyl (C=O) groups excluding carboxylic acids is 3. The van der Waals surface area contributed by atoms with Crippen LogP contribution in [0.5, 0.6) is 0 Å². The van der Waals surface area contributed by atoms with Gasteiger partial charge in [0.05, 0.1) is 27.6 Å². The lowest BCUT2D eigenvalue weighted by Crippen LogP contribution is -2.41. The lowest BCUT2D eigenvalue weighted by Gasteiger charge is -2.27. The normalized spacial score (nSPS) is 11.8. The minimum atomic E-state index is -5.96. The number of hydrogen-bond acceptors (Lipinski definition) is 5. The van der Waals surface area contributed by atoms with Gasteiger partial charge in [0, 0.05) is 27.9 Å². The monoisotopic (exact) mass is 773 g/mol. The molecule has 0 fully saturated rings. The fraction of sp³-hybridized carbons (Fsp3) is 0.357. The Morgan fingerprint density at radius 1 is 0.862 bits per heavy atom. The van der Waals surface area contributed by atoms with Gasteiger partial charge in [-0.1, -0.05) is 0 Å². The summed E-state index contributed by atoms with van der Waals surface area (Å²) < 4.78 is 62.3. The van der Waals surface area contributed by atoms with Gasteiger partial charge in [-0.25, -0.2) is 4.72 Å². The van der Waals surface area contributed by atoms with Crippen LogP contribution in [-0.4, -0.2) is 45.7 Å². The fourth-order valence-electron chi connectivity index (χ4n) is 1.97. The maximum atomic E-state index is 12.7. The lowest BCUT2D eigenvalue weighted by molar-refractivity contribution is -0.117. The first-order valence-electron chi connectivity index (χ1n) is 7.28. The van der Waals surface area contributed by atoms with E-state index in [1.807, 2.05) is 22.6 Å². The van der Waals surface area contributed by atoms with E-state index < -0.39 is 38.8 Å². The van der Waals surface area contributed by atoms with Crippen molar-refractivity contribution in [3.05, 3.63) is 16.3 Å². The summed E-state index contributed by atoms with van der Waals surface area (Å²) in [6.07, 6.45) is 0. The van der Waals surface area contributed by atoms with Crippen LogP contribution in [-0.2, 0) is 19.6 Å². The van der Waals surface area contributed by atoms with E-state index in [4.69, 9.17) is 0 Å². The molecule has 0 aromatic heterocycles. The summed E-state index contributed by atoms with van der Waals surface area (Å²) in [4.78, 5) is 38.6. The zero-order chi connectivity index (χ0) is 23.1. The second kappa shape index (κ2) is 9.37. The van der Waals surface area contributed by atoms with Crippen LogP contribution in [0.2, 0.25) is 0 Å². The molecule has 8 nitrogen and oxygen atoms in total. The molecule has 1 aromatic rings. The summed E-state index contributed by atoms with van der Waals surface area (Å²) in [5.74, 6) is -2.44. The molecule has 15 heteroatoms. The molecule has 29 heavy (non-hydrogen) atoms. The number of rotatable bonds is 4. The highest BCUT2D eigenvalue weighted by atomic mass is 127. The van der Waals surface area contributed by atoms with Gasteiger partial charge in [-0.15, -0.1) is 0 Å². The van der Waals surface area contributed by atoms with Crippen LogP contribution in [0.1, 0.15) is 24.2 Å². The molecule has 0 aliphatic rings. The highest BCUT2D eigenvalue weighted by molar-refractivity contribution is 14.1. The summed E-state index contributed by atoms with van der Waals surface area (Å²) in [7, 11) is -3.21. The molecule has 0 spiro atoms. The SMILES string of the molecule is CC(=O)N(C)c1c(I)c(C(=O)NS(=O)(=O)C(F)(F)F)c(I)c(N(C)C(C)=O)c1I. The predicted molar refractivity (Wildman–Crippen MR) is 125 cm³/mol. The van der Waals surface area contributed by atoms with Crippen molar-refractivity contribution in [2.24, 2.45) is 0 Å². The zero-order valence-electron chi connectivity index (χ0n) is 15.1. The van der Waals surface area contributed by atoms with E-state index in [1.54, 1.807) is 45.2 Å². The number of carbonyl (C=O) groups is 3. The average Bonchev–Trinajstić information content (AvgIpc) is 2.52. The molecule has 1 aromatic carbocycles. The molecule has 0 saturated heterocycles. The van der Waals surface area contributed by atoms with E-state index in [0.29, 0.717) is 3.57 Å². The van der Waals surface area contributed by atoms with Crippen LogP contribution < -0.4 is 14.5 Å². The smallest absolute Gasteiger partial charge is 0.314 e. The van der Waals surface area contributed by atoms with Gasteiger partial charge in [-0.2, -0.15) is 21.6 Å². The Morgan fingerprint density at radius 3 is 1.48 bits per heavy atom. The number of alkyl halides is 3. The van der Waals surface area contributed by atoms with Crippen molar-refractivity contribution < 1.29 is 36.0 Å². The van der Waals surface area contributed by atoms with Gasteiger partial charge >= 0.3 is 15.5 Å². The summed E-state index contributed by atoms with van der Waals surface area (Å²) in [6, 6.07) is 0. The Balaban J connectivity index is 3.90. The Bertz CT molecular complexity index is 951. The van der Waals surface area contributed by atoms with Crippen LogP contribution in [0, 0.1) is 10.7 Å². The van der Waals surface area contributed by atoms with E-state index >= 15 is 0 Å². The molecule has 3 amide bonds. The minimum absolute atomic E-state index is 0.0460. The van der Waals surface area contributed by atoms with Crippen LogP contribution in [0.4, 0.5) is 24.5 Å². The molecular formula is C14H13F3I3N3O5S. The maximum absolute atomic E-state index is 12.7. The van der Waals surface area contributed by atoms with Gasteiger partial charge in [0.2, 0.25) is 11.8 Å². The quantitative estimate of drug-likeness (QED) is 0.475. The number of nitrogens with one attached hydrogen (secondary N) is 1. The van der Waals surface area contributed by atoms with E-state index in [1.165, 1.54) is 27.9 Å². The molecule has 0 saturated carbocycles. The van der Waals surface area contributed by atoms with Crippen molar-refractivity contribution in [3.63, 3.8) is 0 Å². The van der Waals surface area contributed by atoms with E-state index in [9.17, 15) is 36.0 Å². The van der Waals surface area contributed by atoms with E-state index in [0.717, 1.165) is 14.5 Å². The second-order valence-electron chi connectivity index (χ2n) is 5.55. The van der Waals surface area contributed by atoms with Crippen molar-refractivity contribution in [2.45, 2.75) is 19.4 Å². The molecule has 1 N–H and O–H groups in total. The lowest BCUT2D eigenvalue weighted by atomic mass is 10.1. The number of halogens is 6. The van der Waals surface area contributed by atoms with Gasteiger partial charge in [-0.3, -0.25) is 14.4 Å². The first-order chi connectivity index (χ1) is 13.0. The summed E-state index contributed by atoms with van der Waals surface area (Å²) in [5.41, 5.74) is -5.81. The maximum Gasteiger partial charge on any atom is 0.516 e.